The Morgan fingerprint density at radius 3 is 2.67 bits per heavy atom. The van der Waals surface area contributed by atoms with E-state index in [1.165, 1.54) is 11.8 Å². The molecular weight excluding hydrogens is 306 g/mol. The van der Waals surface area contributed by atoms with Crippen molar-refractivity contribution in [3.8, 4) is 17.7 Å². The quantitative estimate of drug-likeness (QED) is 0.504. The highest BCUT2D eigenvalue weighted by Crippen LogP contribution is 2.31. The van der Waals surface area contributed by atoms with Gasteiger partial charge in [-0.2, -0.15) is 5.26 Å². The van der Waals surface area contributed by atoms with Gasteiger partial charge in [0.2, 0.25) is 6.19 Å². The lowest BCUT2D eigenvalue weighted by molar-refractivity contribution is 0.483. The molecule has 0 aliphatic heterocycles. The number of para-hydroxylation sites is 1. The summed E-state index contributed by atoms with van der Waals surface area (Å²) in [5, 5.41) is 12.6. The van der Waals surface area contributed by atoms with E-state index in [1.807, 2.05) is 42.7 Å². The molecule has 6 heteroatoms. The molecular formula is C15H12ClN3OS. The predicted molar refractivity (Wildman–Crippen MR) is 88.2 cm³/mol. The van der Waals surface area contributed by atoms with Crippen molar-refractivity contribution in [2.24, 2.45) is 4.99 Å². The number of amidine groups is 1. The van der Waals surface area contributed by atoms with E-state index in [9.17, 15) is 0 Å². The second kappa shape index (κ2) is 7.58. The second-order valence-electron chi connectivity index (χ2n) is 3.91. The van der Waals surface area contributed by atoms with E-state index in [-0.39, 0.29) is 0 Å². The molecule has 0 fully saturated rings. The van der Waals surface area contributed by atoms with Crippen molar-refractivity contribution < 1.29 is 4.74 Å². The third-order valence-electron chi connectivity index (χ3n) is 2.50. The number of halogens is 1. The SMILES string of the molecule is CSC(=NC#N)Nc1ccc(Oc2ccccc2)c(Cl)c1. The van der Waals surface area contributed by atoms with Crippen molar-refractivity contribution in [1.29, 1.82) is 5.26 Å². The number of thioether (sulfide) groups is 1. The lowest BCUT2D eigenvalue weighted by Gasteiger charge is -2.10. The molecule has 0 atom stereocenters. The molecule has 21 heavy (non-hydrogen) atoms. The Bertz CT molecular complexity index is 683. The summed E-state index contributed by atoms with van der Waals surface area (Å²) in [6, 6.07) is 14.7. The summed E-state index contributed by atoms with van der Waals surface area (Å²) in [7, 11) is 0. The van der Waals surface area contributed by atoms with Crippen LogP contribution in [-0.4, -0.2) is 11.4 Å². The smallest absolute Gasteiger partial charge is 0.208 e. The molecule has 0 aromatic heterocycles. The van der Waals surface area contributed by atoms with E-state index < -0.39 is 0 Å². The normalized spacial score (nSPS) is 10.8. The minimum absolute atomic E-state index is 0.473. The van der Waals surface area contributed by atoms with Gasteiger partial charge in [-0.1, -0.05) is 41.6 Å². The average molecular weight is 318 g/mol. The first kappa shape index (κ1) is 15.2. The molecule has 0 saturated carbocycles. The Morgan fingerprint density at radius 1 is 1.29 bits per heavy atom. The molecule has 0 radical (unpaired) electrons. The molecule has 0 unspecified atom stereocenters. The fraction of sp³-hybridized carbons (Fsp3) is 0.0667. The first-order chi connectivity index (χ1) is 10.2. The number of nitrogens with zero attached hydrogens (tertiary/aromatic N) is 2. The van der Waals surface area contributed by atoms with E-state index >= 15 is 0 Å². The lowest BCUT2D eigenvalue weighted by atomic mass is 10.3. The summed E-state index contributed by atoms with van der Waals surface area (Å²) >= 11 is 7.55. The minimum Gasteiger partial charge on any atom is -0.456 e. The van der Waals surface area contributed by atoms with Crippen LogP contribution in [0.3, 0.4) is 0 Å². The van der Waals surface area contributed by atoms with Gasteiger partial charge in [0.1, 0.15) is 11.5 Å². The zero-order chi connectivity index (χ0) is 15.1. The molecule has 0 spiro atoms. The van der Waals surface area contributed by atoms with Gasteiger partial charge >= 0.3 is 0 Å². The summed E-state index contributed by atoms with van der Waals surface area (Å²) in [4.78, 5) is 3.66. The van der Waals surface area contributed by atoms with Crippen LogP contribution in [0, 0.1) is 11.5 Å². The maximum absolute atomic E-state index is 8.57. The summed E-state index contributed by atoms with van der Waals surface area (Å²) in [6.45, 7) is 0. The van der Waals surface area contributed by atoms with Crippen molar-refractivity contribution >= 4 is 34.2 Å². The number of anilines is 1. The summed E-state index contributed by atoms with van der Waals surface area (Å²) in [6.07, 6.45) is 3.58. The Balaban J connectivity index is 2.14. The highest BCUT2D eigenvalue weighted by Gasteiger charge is 2.06. The molecule has 0 aliphatic carbocycles. The monoisotopic (exact) mass is 317 g/mol. The van der Waals surface area contributed by atoms with Gasteiger partial charge in [0, 0.05) is 5.69 Å². The van der Waals surface area contributed by atoms with Crippen LogP contribution in [-0.2, 0) is 0 Å². The van der Waals surface area contributed by atoms with Gasteiger partial charge in [0.15, 0.2) is 5.17 Å². The maximum atomic E-state index is 8.57. The molecule has 0 saturated heterocycles. The summed E-state index contributed by atoms with van der Waals surface area (Å²) in [5.74, 6) is 1.28. The predicted octanol–water partition coefficient (Wildman–Crippen LogP) is 4.74. The molecule has 4 nitrogen and oxygen atoms in total. The molecule has 0 aliphatic rings. The zero-order valence-electron chi connectivity index (χ0n) is 11.2. The average Bonchev–Trinajstić information content (AvgIpc) is 2.50. The summed E-state index contributed by atoms with van der Waals surface area (Å²) in [5.41, 5.74) is 0.740. The van der Waals surface area contributed by atoms with Crippen molar-refractivity contribution in [2.75, 3.05) is 11.6 Å². The number of ether oxygens (including phenoxy) is 1. The Labute approximate surface area is 132 Å². The van der Waals surface area contributed by atoms with Crippen LogP contribution < -0.4 is 10.1 Å². The van der Waals surface area contributed by atoms with E-state index in [1.54, 1.807) is 18.3 Å². The fourth-order valence-corrected chi connectivity index (χ4v) is 2.14. The Hall–Kier alpha value is -2.16. The summed E-state index contributed by atoms with van der Waals surface area (Å²) < 4.78 is 5.70. The van der Waals surface area contributed by atoms with Crippen LogP contribution in [0.25, 0.3) is 0 Å². The van der Waals surface area contributed by atoms with Gasteiger partial charge in [-0.05, 0) is 36.6 Å². The Kier molecular flexibility index (Phi) is 5.50. The number of rotatable bonds is 3. The van der Waals surface area contributed by atoms with Crippen molar-refractivity contribution in [3.05, 3.63) is 53.6 Å². The van der Waals surface area contributed by atoms with Crippen molar-refractivity contribution in [1.82, 2.24) is 0 Å². The highest BCUT2D eigenvalue weighted by molar-refractivity contribution is 8.13. The van der Waals surface area contributed by atoms with E-state index in [4.69, 9.17) is 21.6 Å². The second-order valence-corrected chi connectivity index (χ2v) is 5.11. The van der Waals surface area contributed by atoms with Gasteiger partial charge < -0.3 is 10.1 Å². The molecule has 106 valence electrons. The molecule has 2 aromatic rings. The fourth-order valence-electron chi connectivity index (χ4n) is 1.57. The first-order valence-corrected chi connectivity index (χ1v) is 7.63. The van der Waals surface area contributed by atoms with Crippen molar-refractivity contribution in [3.63, 3.8) is 0 Å². The Morgan fingerprint density at radius 2 is 2.05 bits per heavy atom. The molecule has 2 rings (SSSR count). The van der Waals surface area contributed by atoms with Gasteiger partial charge in [-0.3, -0.25) is 0 Å². The number of nitrogens with one attached hydrogen (secondary N) is 1. The van der Waals surface area contributed by atoms with Gasteiger partial charge in [-0.15, -0.1) is 4.99 Å². The topological polar surface area (TPSA) is 57.4 Å². The molecule has 0 heterocycles. The van der Waals surface area contributed by atoms with Gasteiger partial charge in [0.05, 0.1) is 5.02 Å². The molecule has 1 N–H and O–H groups in total. The third kappa shape index (κ3) is 4.42. The lowest BCUT2D eigenvalue weighted by Crippen LogP contribution is -2.06. The van der Waals surface area contributed by atoms with Crippen LogP contribution in [0.4, 0.5) is 5.69 Å². The van der Waals surface area contributed by atoms with Crippen LogP contribution in [0.1, 0.15) is 0 Å². The standard InChI is InChI=1S/C15H12ClN3OS/c1-21-15(18-10-17)19-11-7-8-14(13(16)9-11)20-12-5-3-2-4-6-12/h2-9H,1H3,(H,18,19). The number of aliphatic imine (C=N–C) groups is 1. The van der Waals surface area contributed by atoms with Crippen LogP contribution in [0.15, 0.2) is 53.5 Å². The van der Waals surface area contributed by atoms with E-state index in [2.05, 4.69) is 10.3 Å². The van der Waals surface area contributed by atoms with Gasteiger partial charge in [-0.25, -0.2) is 0 Å². The highest BCUT2D eigenvalue weighted by atomic mass is 35.5. The van der Waals surface area contributed by atoms with E-state index in [0.29, 0.717) is 15.9 Å². The third-order valence-corrected chi connectivity index (χ3v) is 3.37. The van der Waals surface area contributed by atoms with E-state index in [0.717, 1.165) is 11.4 Å². The van der Waals surface area contributed by atoms with Crippen LogP contribution in [0.5, 0.6) is 11.5 Å². The minimum atomic E-state index is 0.473. The molecule has 0 amide bonds. The zero-order valence-corrected chi connectivity index (χ0v) is 12.8. The number of hydrogen-bond acceptors (Lipinski definition) is 4. The first-order valence-electron chi connectivity index (χ1n) is 6.03. The van der Waals surface area contributed by atoms with Crippen LogP contribution in [0.2, 0.25) is 5.02 Å². The number of benzene rings is 2. The number of hydrogen-bond donors (Lipinski definition) is 1. The largest absolute Gasteiger partial charge is 0.456 e. The van der Waals surface area contributed by atoms with Gasteiger partial charge in [0.25, 0.3) is 0 Å². The number of nitriles is 1. The van der Waals surface area contributed by atoms with Crippen molar-refractivity contribution in [2.45, 2.75) is 0 Å². The molecule has 2 aromatic carbocycles. The maximum Gasteiger partial charge on any atom is 0.208 e. The van der Waals surface area contributed by atoms with Crippen LogP contribution >= 0.6 is 23.4 Å². The molecule has 0 bridgehead atoms.